The number of hydrogen-bond acceptors (Lipinski definition) is 3. The first-order valence-electron chi connectivity index (χ1n) is 6.33. The van der Waals surface area contributed by atoms with Crippen molar-refractivity contribution >= 4 is 17.2 Å². The van der Waals surface area contributed by atoms with E-state index in [-0.39, 0.29) is 23.5 Å². The number of hydrogen-bond donors (Lipinski definition) is 2. The van der Waals surface area contributed by atoms with Gasteiger partial charge in [-0.05, 0) is 53.7 Å². The van der Waals surface area contributed by atoms with Crippen LogP contribution in [0.5, 0.6) is 0 Å². The normalized spacial score (nSPS) is 15.2. The lowest BCUT2D eigenvalue weighted by atomic mass is 10.1. The van der Waals surface area contributed by atoms with E-state index in [1.54, 1.807) is 11.3 Å². The lowest BCUT2D eigenvalue weighted by Gasteiger charge is -2.25. The fourth-order valence-electron chi connectivity index (χ4n) is 1.70. The van der Waals surface area contributed by atoms with E-state index in [1.165, 1.54) is 9.75 Å². The summed E-state index contributed by atoms with van der Waals surface area (Å²) in [5, 5.41) is 6.31. The van der Waals surface area contributed by atoms with Crippen LogP contribution in [-0.4, -0.2) is 17.5 Å². The van der Waals surface area contributed by atoms with Crippen LogP contribution in [0.25, 0.3) is 0 Å². The predicted molar refractivity (Wildman–Crippen MR) is 78.0 cm³/mol. The first-order valence-corrected chi connectivity index (χ1v) is 7.15. The Bertz CT molecular complexity index is 406. The molecule has 0 aliphatic carbocycles. The monoisotopic (exact) mass is 268 g/mol. The van der Waals surface area contributed by atoms with Crippen molar-refractivity contribution in [3.63, 3.8) is 0 Å². The van der Waals surface area contributed by atoms with Gasteiger partial charge in [0.15, 0.2) is 0 Å². The molecule has 0 saturated heterocycles. The number of carbonyl (C=O) groups is 1. The Morgan fingerprint density at radius 2 is 1.89 bits per heavy atom. The molecule has 2 atom stereocenters. The predicted octanol–water partition coefficient (Wildman–Crippen LogP) is 3.01. The molecule has 1 rings (SSSR count). The quantitative estimate of drug-likeness (QED) is 0.881. The average molecular weight is 268 g/mol. The Hall–Kier alpha value is -0.870. The van der Waals surface area contributed by atoms with Crippen LogP contribution in [-0.2, 0) is 4.79 Å². The van der Waals surface area contributed by atoms with E-state index < -0.39 is 0 Å². The second-order valence-electron chi connectivity index (χ2n) is 5.80. The van der Waals surface area contributed by atoms with E-state index in [9.17, 15) is 4.79 Å². The zero-order valence-corrected chi connectivity index (χ0v) is 12.9. The molecule has 18 heavy (non-hydrogen) atoms. The van der Waals surface area contributed by atoms with Crippen LogP contribution in [0.3, 0.4) is 0 Å². The maximum absolute atomic E-state index is 12.0. The molecule has 1 amide bonds. The molecule has 0 fully saturated rings. The molecule has 4 heteroatoms. The molecule has 0 aromatic carbocycles. The van der Waals surface area contributed by atoms with Crippen LogP contribution >= 0.6 is 11.3 Å². The third kappa shape index (κ3) is 4.78. The Kier molecular flexibility index (Phi) is 4.93. The van der Waals surface area contributed by atoms with Crippen molar-refractivity contribution in [2.24, 2.45) is 0 Å². The van der Waals surface area contributed by atoms with Gasteiger partial charge in [-0.25, -0.2) is 0 Å². The van der Waals surface area contributed by atoms with E-state index in [0.29, 0.717) is 0 Å². The van der Waals surface area contributed by atoms with Gasteiger partial charge in [0, 0.05) is 21.3 Å². The molecule has 3 nitrogen and oxygen atoms in total. The highest BCUT2D eigenvalue weighted by molar-refractivity contribution is 7.12. The third-order valence-electron chi connectivity index (χ3n) is 2.58. The molecule has 102 valence electrons. The summed E-state index contributed by atoms with van der Waals surface area (Å²) in [4.78, 5) is 14.5. The van der Waals surface area contributed by atoms with Gasteiger partial charge in [-0.1, -0.05) is 0 Å². The van der Waals surface area contributed by atoms with E-state index in [0.717, 1.165) is 0 Å². The van der Waals surface area contributed by atoms with Crippen molar-refractivity contribution in [3.05, 3.63) is 21.9 Å². The fraction of sp³-hybridized carbons (Fsp3) is 0.643. The van der Waals surface area contributed by atoms with Crippen LogP contribution in [0.15, 0.2) is 12.1 Å². The summed E-state index contributed by atoms with van der Waals surface area (Å²) >= 11 is 1.77. The van der Waals surface area contributed by atoms with Gasteiger partial charge in [-0.15, -0.1) is 11.3 Å². The molecule has 1 aromatic rings. The van der Waals surface area contributed by atoms with Gasteiger partial charge in [0.1, 0.15) is 0 Å². The third-order valence-corrected chi connectivity index (χ3v) is 3.76. The smallest absolute Gasteiger partial charge is 0.237 e. The summed E-state index contributed by atoms with van der Waals surface area (Å²) < 4.78 is 0. The van der Waals surface area contributed by atoms with Gasteiger partial charge in [0.2, 0.25) is 5.91 Å². The molecule has 0 bridgehead atoms. The van der Waals surface area contributed by atoms with Gasteiger partial charge in [-0.3, -0.25) is 10.1 Å². The zero-order valence-electron chi connectivity index (χ0n) is 12.1. The molecular formula is C14H24N2OS. The summed E-state index contributed by atoms with van der Waals surface area (Å²) in [6.45, 7) is 12.1. The van der Waals surface area contributed by atoms with Gasteiger partial charge < -0.3 is 5.32 Å². The van der Waals surface area contributed by atoms with Crippen LogP contribution in [0.2, 0.25) is 0 Å². The van der Waals surface area contributed by atoms with E-state index in [2.05, 4.69) is 36.6 Å². The summed E-state index contributed by atoms with van der Waals surface area (Å²) in [6, 6.07) is 4.23. The Morgan fingerprint density at radius 3 is 2.33 bits per heavy atom. The molecule has 0 aliphatic heterocycles. The largest absolute Gasteiger partial charge is 0.350 e. The Labute approximate surface area is 114 Å². The van der Waals surface area contributed by atoms with E-state index in [4.69, 9.17) is 0 Å². The summed E-state index contributed by atoms with van der Waals surface area (Å²) in [5.74, 6) is 0.0441. The fourth-order valence-corrected chi connectivity index (χ4v) is 2.59. The second-order valence-corrected chi connectivity index (χ2v) is 7.12. The first kappa shape index (κ1) is 15.2. The molecule has 1 aromatic heterocycles. The van der Waals surface area contributed by atoms with Crippen molar-refractivity contribution in [1.29, 1.82) is 0 Å². The van der Waals surface area contributed by atoms with E-state index >= 15 is 0 Å². The van der Waals surface area contributed by atoms with E-state index in [1.807, 2.05) is 27.7 Å². The van der Waals surface area contributed by atoms with Gasteiger partial charge in [0.25, 0.3) is 0 Å². The standard InChI is InChI=1S/C14H24N2OS/c1-9-7-8-12(18-9)10(2)15-11(3)13(17)16-14(4,5)6/h7-8,10-11,15H,1-6H3,(H,16,17). The van der Waals surface area contributed by atoms with Gasteiger partial charge >= 0.3 is 0 Å². The molecule has 0 saturated carbocycles. The number of rotatable bonds is 4. The minimum atomic E-state index is -0.193. The highest BCUT2D eigenvalue weighted by Crippen LogP contribution is 2.22. The topological polar surface area (TPSA) is 41.1 Å². The molecule has 1 heterocycles. The number of thiophene rings is 1. The number of aryl methyl sites for hydroxylation is 1. The summed E-state index contributed by atoms with van der Waals surface area (Å²) in [5.41, 5.74) is -0.185. The van der Waals surface area contributed by atoms with Crippen molar-refractivity contribution in [1.82, 2.24) is 10.6 Å². The first-order chi connectivity index (χ1) is 8.19. The molecule has 0 spiro atoms. The van der Waals surface area contributed by atoms with Crippen molar-refractivity contribution in [2.75, 3.05) is 0 Å². The average Bonchev–Trinajstić information content (AvgIpc) is 2.62. The molecule has 0 aliphatic rings. The van der Waals surface area contributed by atoms with Crippen LogP contribution in [0.1, 0.15) is 50.4 Å². The van der Waals surface area contributed by atoms with Gasteiger partial charge in [-0.2, -0.15) is 0 Å². The highest BCUT2D eigenvalue weighted by atomic mass is 32.1. The molecule has 2 unspecified atom stereocenters. The Balaban J connectivity index is 2.54. The van der Waals surface area contributed by atoms with Crippen molar-refractivity contribution in [3.8, 4) is 0 Å². The van der Waals surface area contributed by atoms with Crippen LogP contribution < -0.4 is 10.6 Å². The van der Waals surface area contributed by atoms with Gasteiger partial charge in [0.05, 0.1) is 6.04 Å². The summed E-state index contributed by atoms with van der Waals surface area (Å²) in [7, 11) is 0. The van der Waals surface area contributed by atoms with Crippen LogP contribution in [0.4, 0.5) is 0 Å². The molecule has 0 radical (unpaired) electrons. The minimum absolute atomic E-state index is 0.0441. The zero-order chi connectivity index (χ0) is 13.9. The Morgan fingerprint density at radius 1 is 1.28 bits per heavy atom. The van der Waals surface area contributed by atoms with Crippen molar-refractivity contribution in [2.45, 2.75) is 59.2 Å². The van der Waals surface area contributed by atoms with Crippen molar-refractivity contribution < 1.29 is 4.79 Å². The summed E-state index contributed by atoms with van der Waals surface area (Å²) in [6.07, 6.45) is 0. The minimum Gasteiger partial charge on any atom is -0.350 e. The van der Waals surface area contributed by atoms with Crippen LogP contribution in [0, 0.1) is 6.92 Å². The molecular weight excluding hydrogens is 244 g/mol. The SMILES string of the molecule is Cc1ccc(C(C)NC(C)C(=O)NC(C)(C)C)s1. The lowest BCUT2D eigenvalue weighted by molar-refractivity contribution is -0.124. The number of nitrogens with one attached hydrogen (secondary N) is 2. The number of amides is 1. The maximum Gasteiger partial charge on any atom is 0.237 e. The lowest BCUT2D eigenvalue weighted by Crippen LogP contribution is -2.49. The highest BCUT2D eigenvalue weighted by Gasteiger charge is 2.21. The molecule has 2 N–H and O–H groups in total. The maximum atomic E-state index is 12.0. The second kappa shape index (κ2) is 5.85. The number of carbonyl (C=O) groups excluding carboxylic acids is 1.